The van der Waals surface area contributed by atoms with Gasteiger partial charge < -0.3 is 15.2 Å². The van der Waals surface area contributed by atoms with Crippen molar-refractivity contribution in [3.05, 3.63) is 70.9 Å². The first-order valence-corrected chi connectivity index (χ1v) is 10.4. The molecule has 0 saturated carbocycles. The first-order chi connectivity index (χ1) is 15.5. The number of hydrogen-bond donors (Lipinski definition) is 2. The Morgan fingerprint density at radius 2 is 1.67 bits per heavy atom. The van der Waals surface area contributed by atoms with Crippen LogP contribution in [0.3, 0.4) is 0 Å². The Morgan fingerprint density at radius 1 is 1.00 bits per heavy atom. The van der Waals surface area contributed by atoms with Crippen molar-refractivity contribution in [2.45, 2.75) is 31.2 Å². The smallest absolute Gasteiger partial charge is 0.361 e. The van der Waals surface area contributed by atoms with Gasteiger partial charge in [0.1, 0.15) is 0 Å². The summed E-state index contributed by atoms with van der Waals surface area (Å²) >= 11 is 0. The fraction of sp³-hybridized carbons (Fsp3) is 0.348. The van der Waals surface area contributed by atoms with Crippen molar-refractivity contribution < 1.29 is 31.1 Å². The summed E-state index contributed by atoms with van der Waals surface area (Å²) in [6.07, 6.45) is -7.04. The number of nitrogens with zero attached hydrogens (tertiary/aromatic N) is 1. The number of carbonyl (C=O) groups is 1. The molecule has 1 aliphatic heterocycles. The van der Waals surface area contributed by atoms with Gasteiger partial charge >= 0.3 is 12.4 Å². The van der Waals surface area contributed by atoms with Gasteiger partial charge in [0, 0.05) is 48.3 Å². The average Bonchev–Trinajstić information content (AvgIpc) is 3.19. The number of nitrogens with one attached hydrogen (secondary N) is 2. The molecule has 10 heteroatoms. The Kier molecular flexibility index (Phi) is 6.13. The van der Waals surface area contributed by atoms with Crippen molar-refractivity contribution in [2.24, 2.45) is 0 Å². The van der Waals surface area contributed by atoms with Crippen molar-refractivity contribution in [1.29, 1.82) is 0 Å². The van der Waals surface area contributed by atoms with Crippen LogP contribution in [0.25, 0.3) is 10.9 Å². The number of hydrogen-bond acceptors (Lipinski definition) is 2. The monoisotopic (exact) mass is 469 g/mol. The van der Waals surface area contributed by atoms with Crippen LogP contribution in [0.15, 0.2) is 48.7 Å². The van der Waals surface area contributed by atoms with Crippen LogP contribution in [0.5, 0.6) is 0 Å². The highest BCUT2D eigenvalue weighted by Gasteiger charge is 2.38. The Bertz CT molecular complexity index is 1120. The van der Waals surface area contributed by atoms with Crippen molar-refractivity contribution in [1.82, 2.24) is 15.2 Å². The summed E-state index contributed by atoms with van der Waals surface area (Å²) in [5.74, 6) is -0.836. The Hall–Kier alpha value is -3.01. The molecule has 2 N–H and O–H groups in total. The van der Waals surface area contributed by atoms with Crippen molar-refractivity contribution in [3.8, 4) is 0 Å². The van der Waals surface area contributed by atoms with Gasteiger partial charge in [0.25, 0.3) is 5.91 Å². The maximum atomic E-state index is 13.2. The average molecular weight is 469 g/mol. The SMILES string of the molecule is O=C(c1cc(C(F)(F)F)cc(C(F)(F)F)c1)N1CCNC[C@H]1CCc1c[nH]c2ccccc12. The molecule has 2 aromatic carbocycles. The predicted molar refractivity (Wildman–Crippen MR) is 111 cm³/mol. The van der Waals surface area contributed by atoms with Crippen LogP contribution >= 0.6 is 0 Å². The maximum absolute atomic E-state index is 13.2. The second-order valence-electron chi connectivity index (χ2n) is 8.05. The second kappa shape index (κ2) is 8.74. The number of alkyl halides is 6. The molecule has 0 unspecified atom stereocenters. The molecule has 1 saturated heterocycles. The van der Waals surface area contributed by atoms with E-state index in [1.165, 1.54) is 4.90 Å². The number of halogens is 6. The first-order valence-electron chi connectivity index (χ1n) is 10.4. The van der Waals surface area contributed by atoms with E-state index in [1.807, 2.05) is 30.5 Å². The van der Waals surface area contributed by atoms with Crippen molar-refractivity contribution >= 4 is 16.8 Å². The fourth-order valence-electron chi connectivity index (χ4n) is 4.19. The summed E-state index contributed by atoms with van der Waals surface area (Å²) in [5, 5.41) is 4.18. The number of benzene rings is 2. The molecule has 3 aromatic rings. The third-order valence-corrected chi connectivity index (χ3v) is 5.87. The van der Waals surface area contributed by atoms with Crippen molar-refractivity contribution in [3.63, 3.8) is 0 Å². The molecule has 33 heavy (non-hydrogen) atoms. The topological polar surface area (TPSA) is 48.1 Å². The Labute approximate surface area is 185 Å². The van der Waals surface area contributed by atoms with E-state index >= 15 is 0 Å². The molecule has 1 fully saturated rings. The van der Waals surface area contributed by atoms with Gasteiger partial charge in [0.2, 0.25) is 0 Å². The highest BCUT2D eigenvalue weighted by molar-refractivity contribution is 5.95. The molecule has 2 heterocycles. The van der Waals surface area contributed by atoms with Crippen LogP contribution in [-0.4, -0.2) is 41.5 Å². The number of amides is 1. The minimum absolute atomic E-state index is 0.0308. The molecule has 4 rings (SSSR count). The van der Waals surface area contributed by atoms with Gasteiger partial charge in [-0.05, 0) is 42.7 Å². The molecular weight excluding hydrogens is 448 g/mol. The van der Waals surface area contributed by atoms with Gasteiger partial charge in [-0.1, -0.05) is 18.2 Å². The molecular formula is C23H21F6N3O. The number of fused-ring (bicyclic) bond motifs is 1. The third-order valence-electron chi connectivity index (χ3n) is 5.87. The highest BCUT2D eigenvalue weighted by Crippen LogP contribution is 2.36. The molecule has 1 aliphatic rings. The molecule has 176 valence electrons. The molecule has 1 amide bonds. The molecule has 0 bridgehead atoms. The number of H-pyrrole nitrogens is 1. The maximum Gasteiger partial charge on any atom is 0.416 e. The zero-order valence-electron chi connectivity index (χ0n) is 17.4. The number of rotatable bonds is 4. The standard InChI is InChI=1S/C23H21F6N3O/c24-22(25,26)16-9-15(10-17(11-16)23(27,28)29)21(33)32-8-7-30-13-18(32)6-5-14-12-31-20-4-2-1-3-19(14)20/h1-4,9-12,18,30-31H,5-8,13H2/t18-/m1/s1. The second-order valence-corrected chi connectivity index (χ2v) is 8.05. The lowest BCUT2D eigenvalue weighted by Gasteiger charge is -2.36. The number of piperazine rings is 1. The number of aromatic nitrogens is 1. The Balaban J connectivity index is 1.59. The molecule has 0 aliphatic carbocycles. The van der Waals surface area contributed by atoms with Crippen molar-refractivity contribution in [2.75, 3.05) is 19.6 Å². The van der Waals surface area contributed by atoms with E-state index in [2.05, 4.69) is 10.3 Å². The molecule has 1 atom stereocenters. The lowest BCUT2D eigenvalue weighted by molar-refractivity contribution is -0.143. The molecule has 4 nitrogen and oxygen atoms in total. The highest BCUT2D eigenvalue weighted by atomic mass is 19.4. The largest absolute Gasteiger partial charge is 0.416 e. The summed E-state index contributed by atoms with van der Waals surface area (Å²) in [6, 6.07) is 8.36. The number of carbonyl (C=O) groups excluding carboxylic acids is 1. The minimum atomic E-state index is -5.01. The summed E-state index contributed by atoms with van der Waals surface area (Å²) < 4.78 is 79.3. The lowest BCUT2D eigenvalue weighted by Crippen LogP contribution is -2.53. The van der Waals surface area contributed by atoms with Gasteiger partial charge in [-0.15, -0.1) is 0 Å². The van der Waals surface area contributed by atoms with Crippen LogP contribution < -0.4 is 5.32 Å². The van der Waals surface area contributed by atoms with E-state index in [1.54, 1.807) is 0 Å². The van der Waals surface area contributed by atoms with Gasteiger partial charge in [-0.2, -0.15) is 26.3 Å². The van der Waals surface area contributed by atoms with Crippen LogP contribution in [0.1, 0.15) is 33.5 Å². The van der Waals surface area contributed by atoms with Gasteiger partial charge in [0.15, 0.2) is 0 Å². The van der Waals surface area contributed by atoms with E-state index in [4.69, 9.17) is 0 Å². The summed E-state index contributed by atoms with van der Waals surface area (Å²) in [5.41, 5.74) is -1.61. The molecule has 0 radical (unpaired) electrons. The van der Waals surface area contributed by atoms with E-state index in [0.29, 0.717) is 38.1 Å². The van der Waals surface area contributed by atoms with Crippen LogP contribution in [-0.2, 0) is 18.8 Å². The third kappa shape index (κ3) is 5.00. The van der Waals surface area contributed by atoms with Gasteiger partial charge in [-0.25, -0.2) is 0 Å². The minimum Gasteiger partial charge on any atom is -0.361 e. The van der Waals surface area contributed by atoms with Crippen LogP contribution in [0.2, 0.25) is 0 Å². The first kappa shape index (κ1) is 23.2. The van der Waals surface area contributed by atoms with E-state index in [9.17, 15) is 31.1 Å². The fourth-order valence-corrected chi connectivity index (χ4v) is 4.19. The van der Waals surface area contributed by atoms with Crippen LogP contribution in [0.4, 0.5) is 26.3 Å². The number of aryl methyl sites for hydroxylation is 1. The number of para-hydroxylation sites is 1. The summed E-state index contributed by atoms with van der Waals surface area (Å²) in [7, 11) is 0. The number of aromatic amines is 1. The van der Waals surface area contributed by atoms with E-state index in [-0.39, 0.29) is 18.7 Å². The van der Waals surface area contributed by atoms with Gasteiger partial charge in [-0.3, -0.25) is 4.79 Å². The van der Waals surface area contributed by atoms with Crippen LogP contribution in [0, 0.1) is 0 Å². The zero-order valence-corrected chi connectivity index (χ0v) is 17.4. The molecule has 0 spiro atoms. The zero-order chi connectivity index (χ0) is 23.8. The summed E-state index contributed by atoms with van der Waals surface area (Å²) in [6.45, 7) is 0.995. The molecule has 1 aromatic heterocycles. The lowest BCUT2D eigenvalue weighted by atomic mass is 9.99. The quantitative estimate of drug-likeness (QED) is 0.513. The summed E-state index contributed by atoms with van der Waals surface area (Å²) in [4.78, 5) is 17.6. The Morgan fingerprint density at radius 3 is 2.33 bits per heavy atom. The predicted octanol–water partition coefficient (Wildman–Crippen LogP) is 5.25. The van der Waals surface area contributed by atoms with E-state index in [0.717, 1.165) is 16.5 Å². The van der Waals surface area contributed by atoms with E-state index < -0.39 is 35.0 Å². The normalized spacial score (nSPS) is 17.5. The van der Waals surface area contributed by atoms with Gasteiger partial charge in [0.05, 0.1) is 11.1 Å².